The van der Waals surface area contributed by atoms with E-state index in [1.54, 1.807) is 0 Å². The molecule has 26 heavy (non-hydrogen) atoms. The lowest BCUT2D eigenvalue weighted by molar-refractivity contribution is 0.0760. The van der Waals surface area contributed by atoms with Crippen molar-refractivity contribution < 1.29 is 13.7 Å². The van der Waals surface area contributed by atoms with Crippen molar-refractivity contribution in [3.8, 4) is 0 Å². The highest BCUT2D eigenvalue weighted by Gasteiger charge is 2.21. The molecule has 0 N–H and O–H groups in total. The largest absolute Gasteiger partial charge is 0.338 e. The number of rotatable bonds is 5. The second kappa shape index (κ2) is 8.40. The number of carbonyl (C=O) groups excluding carboxylic acids is 1. The van der Waals surface area contributed by atoms with Crippen LogP contribution in [0.25, 0.3) is 0 Å². The monoisotopic (exact) mass is 360 g/mol. The highest BCUT2D eigenvalue weighted by atomic mass is 19.1. The van der Waals surface area contributed by atoms with Crippen LogP contribution in [-0.4, -0.2) is 52.0 Å². The molecular weight excluding hydrogens is 335 g/mol. The van der Waals surface area contributed by atoms with Crippen LogP contribution in [0.1, 0.15) is 42.3 Å². The number of benzene rings is 1. The topological polar surface area (TPSA) is 62.5 Å². The maximum absolute atomic E-state index is 13.0. The molecule has 0 bridgehead atoms. The first-order valence-electron chi connectivity index (χ1n) is 9.10. The van der Waals surface area contributed by atoms with E-state index in [1.165, 1.54) is 24.3 Å². The molecule has 2 heterocycles. The standard InChI is InChI=1S/C19H25FN4O2/c1-14(2)12-17-21-18(26-22-17)13-23-8-3-9-24(11-10-23)19(25)15-4-6-16(20)7-5-15/h4-7,14H,3,8-13H2,1-2H3. The SMILES string of the molecule is CC(C)Cc1noc(CN2CCCN(C(=O)c3ccc(F)cc3)CC2)n1. The molecule has 2 aromatic rings. The maximum atomic E-state index is 13.0. The Kier molecular flexibility index (Phi) is 5.98. The van der Waals surface area contributed by atoms with Gasteiger partial charge in [0.1, 0.15) is 5.82 Å². The van der Waals surface area contributed by atoms with E-state index >= 15 is 0 Å². The highest BCUT2D eigenvalue weighted by Crippen LogP contribution is 2.13. The summed E-state index contributed by atoms with van der Waals surface area (Å²) in [6, 6.07) is 5.72. The molecule has 140 valence electrons. The summed E-state index contributed by atoms with van der Waals surface area (Å²) in [4.78, 5) is 21.1. The van der Waals surface area contributed by atoms with Gasteiger partial charge in [0.15, 0.2) is 5.82 Å². The third-order valence-electron chi connectivity index (χ3n) is 4.43. The number of aromatic nitrogens is 2. The first kappa shape index (κ1) is 18.5. The number of carbonyl (C=O) groups is 1. The average molecular weight is 360 g/mol. The molecule has 0 saturated carbocycles. The quantitative estimate of drug-likeness (QED) is 0.820. The summed E-state index contributed by atoms with van der Waals surface area (Å²) in [7, 11) is 0. The second-order valence-corrected chi connectivity index (χ2v) is 7.13. The molecule has 0 aliphatic carbocycles. The van der Waals surface area contributed by atoms with Gasteiger partial charge in [0.2, 0.25) is 5.89 Å². The fraction of sp³-hybridized carbons (Fsp3) is 0.526. The van der Waals surface area contributed by atoms with Crippen molar-refractivity contribution in [1.82, 2.24) is 19.9 Å². The Bertz CT molecular complexity index is 729. The van der Waals surface area contributed by atoms with E-state index in [1.807, 2.05) is 4.90 Å². The molecule has 0 unspecified atom stereocenters. The Hall–Kier alpha value is -2.28. The molecule has 1 fully saturated rings. The van der Waals surface area contributed by atoms with Gasteiger partial charge in [0.05, 0.1) is 6.54 Å². The number of amides is 1. The van der Waals surface area contributed by atoms with Crippen LogP contribution in [0.3, 0.4) is 0 Å². The van der Waals surface area contributed by atoms with E-state index in [2.05, 4.69) is 28.9 Å². The summed E-state index contributed by atoms with van der Waals surface area (Å²) in [6.45, 7) is 7.78. The van der Waals surface area contributed by atoms with Crippen LogP contribution in [0.5, 0.6) is 0 Å². The van der Waals surface area contributed by atoms with Crippen LogP contribution in [0, 0.1) is 11.7 Å². The molecule has 3 rings (SSSR count). The van der Waals surface area contributed by atoms with Crippen LogP contribution < -0.4 is 0 Å². The summed E-state index contributed by atoms with van der Waals surface area (Å²) < 4.78 is 18.4. The first-order valence-corrected chi connectivity index (χ1v) is 9.10. The van der Waals surface area contributed by atoms with Crippen LogP contribution in [0.2, 0.25) is 0 Å². The van der Waals surface area contributed by atoms with Crippen molar-refractivity contribution in [3.05, 3.63) is 47.4 Å². The molecule has 1 amide bonds. The molecule has 0 atom stereocenters. The van der Waals surface area contributed by atoms with Gasteiger partial charge in [-0.15, -0.1) is 0 Å². The lowest BCUT2D eigenvalue weighted by atomic mass is 10.1. The molecule has 6 nitrogen and oxygen atoms in total. The van der Waals surface area contributed by atoms with Gasteiger partial charge in [-0.2, -0.15) is 4.98 Å². The molecule has 1 aromatic carbocycles. The minimum atomic E-state index is -0.333. The van der Waals surface area contributed by atoms with E-state index in [4.69, 9.17) is 4.52 Å². The zero-order valence-electron chi connectivity index (χ0n) is 15.3. The van der Waals surface area contributed by atoms with Crippen LogP contribution in [0.15, 0.2) is 28.8 Å². The summed E-state index contributed by atoms with van der Waals surface area (Å²) in [6.07, 6.45) is 1.68. The Labute approximate surface area is 153 Å². The molecule has 0 spiro atoms. The minimum Gasteiger partial charge on any atom is -0.338 e. The van der Waals surface area contributed by atoms with E-state index in [0.29, 0.717) is 37.0 Å². The van der Waals surface area contributed by atoms with Crippen molar-refractivity contribution in [2.45, 2.75) is 33.2 Å². The molecule has 1 aromatic heterocycles. The zero-order valence-corrected chi connectivity index (χ0v) is 15.3. The predicted octanol–water partition coefficient (Wildman–Crippen LogP) is 2.76. The normalized spacial score (nSPS) is 16.1. The number of hydrogen-bond donors (Lipinski definition) is 0. The molecule has 1 aliphatic heterocycles. The third-order valence-corrected chi connectivity index (χ3v) is 4.43. The van der Waals surface area contributed by atoms with E-state index < -0.39 is 0 Å². The molecular formula is C19H25FN4O2. The maximum Gasteiger partial charge on any atom is 0.253 e. The number of nitrogens with zero attached hydrogens (tertiary/aromatic N) is 4. The summed E-state index contributed by atoms with van der Waals surface area (Å²) in [5, 5.41) is 4.03. The fourth-order valence-electron chi connectivity index (χ4n) is 3.10. The fourth-order valence-corrected chi connectivity index (χ4v) is 3.10. The Morgan fingerprint density at radius 2 is 1.96 bits per heavy atom. The lowest BCUT2D eigenvalue weighted by Gasteiger charge is -2.21. The van der Waals surface area contributed by atoms with E-state index in [-0.39, 0.29) is 11.7 Å². The minimum absolute atomic E-state index is 0.0520. The Morgan fingerprint density at radius 3 is 2.69 bits per heavy atom. The van der Waals surface area contributed by atoms with Gasteiger partial charge < -0.3 is 9.42 Å². The Balaban J connectivity index is 1.55. The van der Waals surface area contributed by atoms with Gasteiger partial charge in [-0.1, -0.05) is 19.0 Å². The smallest absolute Gasteiger partial charge is 0.253 e. The van der Waals surface area contributed by atoms with Gasteiger partial charge in [-0.3, -0.25) is 9.69 Å². The third kappa shape index (κ3) is 4.88. The Morgan fingerprint density at radius 1 is 1.19 bits per heavy atom. The molecule has 1 aliphatic rings. The van der Waals surface area contributed by atoms with Crippen molar-refractivity contribution in [1.29, 1.82) is 0 Å². The van der Waals surface area contributed by atoms with Crippen LogP contribution >= 0.6 is 0 Å². The number of hydrogen-bond acceptors (Lipinski definition) is 5. The predicted molar refractivity (Wildman–Crippen MR) is 95.0 cm³/mol. The van der Waals surface area contributed by atoms with Gasteiger partial charge in [0, 0.05) is 38.2 Å². The van der Waals surface area contributed by atoms with E-state index in [9.17, 15) is 9.18 Å². The van der Waals surface area contributed by atoms with Crippen LogP contribution in [0.4, 0.5) is 4.39 Å². The van der Waals surface area contributed by atoms with Crippen molar-refractivity contribution in [2.24, 2.45) is 5.92 Å². The van der Waals surface area contributed by atoms with Crippen molar-refractivity contribution in [2.75, 3.05) is 26.2 Å². The van der Waals surface area contributed by atoms with E-state index in [0.717, 1.165) is 31.8 Å². The van der Waals surface area contributed by atoms with Crippen molar-refractivity contribution in [3.63, 3.8) is 0 Å². The lowest BCUT2D eigenvalue weighted by Crippen LogP contribution is -2.35. The molecule has 1 saturated heterocycles. The summed E-state index contributed by atoms with van der Waals surface area (Å²) >= 11 is 0. The summed E-state index contributed by atoms with van der Waals surface area (Å²) in [5.41, 5.74) is 0.523. The molecule has 0 radical (unpaired) electrons. The van der Waals surface area contributed by atoms with Gasteiger partial charge in [-0.25, -0.2) is 4.39 Å². The van der Waals surface area contributed by atoms with Crippen molar-refractivity contribution >= 4 is 5.91 Å². The van der Waals surface area contributed by atoms with Gasteiger partial charge >= 0.3 is 0 Å². The average Bonchev–Trinajstić information content (AvgIpc) is 2.89. The molecule has 7 heteroatoms. The number of halogens is 1. The van der Waals surface area contributed by atoms with Gasteiger partial charge in [-0.05, 0) is 36.6 Å². The second-order valence-electron chi connectivity index (χ2n) is 7.13. The summed E-state index contributed by atoms with van der Waals surface area (Å²) in [5.74, 6) is 1.48. The highest BCUT2D eigenvalue weighted by molar-refractivity contribution is 5.94. The van der Waals surface area contributed by atoms with Crippen LogP contribution in [-0.2, 0) is 13.0 Å². The first-order chi connectivity index (χ1) is 12.5. The zero-order chi connectivity index (χ0) is 18.5. The van der Waals surface area contributed by atoms with Gasteiger partial charge in [0.25, 0.3) is 5.91 Å².